The fraction of sp³-hybridized carbons (Fsp3) is 0.500. The molecule has 0 saturated carbocycles. The van der Waals surface area contributed by atoms with Gasteiger partial charge in [-0.05, 0) is 6.08 Å². The molecule has 0 fully saturated rings. The van der Waals surface area contributed by atoms with Gasteiger partial charge in [0, 0.05) is 25.0 Å². The minimum absolute atomic E-state index is 0.00328. The molecule has 0 bridgehead atoms. The summed E-state index contributed by atoms with van der Waals surface area (Å²) in [5.74, 6) is 3.00. The summed E-state index contributed by atoms with van der Waals surface area (Å²) in [5.41, 5.74) is 0. The summed E-state index contributed by atoms with van der Waals surface area (Å²) < 4.78 is 10.8. The number of allylic oxidation sites excluding steroid dienone is 2. The molecule has 15 heavy (non-hydrogen) atoms. The molecule has 0 aromatic rings. The van der Waals surface area contributed by atoms with Gasteiger partial charge < -0.3 is 14.6 Å². The van der Waals surface area contributed by atoms with Crippen molar-refractivity contribution < 1.29 is 14.6 Å². The molecule has 0 radical (unpaired) electrons. The van der Waals surface area contributed by atoms with E-state index in [0.717, 1.165) is 0 Å². The fourth-order valence-electron chi connectivity index (χ4n) is 1.20. The third-order valence-electron chi connectivity index (χ3n) is 2.20. The molecule has 3 nitrogen and oxygen atoms in total. The van der Waals surface area contributed by atoms with E-state index >= 15 is 0 Å². The first kappa shape index (κ1) is 11.7. The van der Waals surface area contributed by atoms with Crippen molar-refractivity contribution in [2.24, 2.45) is 5.92 Å². The smallest absolute Gasteiger partial charge is 0.279 e. The maximum atomic E-state index is 9.04. The molecule has 0 aromatic carbocycles. The van der Waals surface area contributed by atoms with Crippen LogP contribution < -0.4 is 0 Å². The van der Waals surface area contributed by atoms with Crippen molar-refractivity contribution in [3.63, 3.8) is 0 Å². The summed E-state index contributed by atoms with van der Waals surface area (Å²) in [6, 6.07) is 0. The van der Waals surface area contributed by atoms with Crippen LogP contribution in [0.2, 0.25) is 0 Å². The first-order valence-corrected chi connectivity index (χ1v) is 4.98. The Hall–Kier alpha value is -1.40. The lowest BCUT2D eigenvalue weighted by Gasteiger charge is -2.23. The molecule has 1 aliphatic rings. The molecule has 1 rings (SSSR count). The van der Waals surface area contributed by atoms with E-state index in [9.17, 15) is 0 Å². The average molecular weight is 208 g/mol. The van der Waals surface area contributed by atoms with Crippen LogP contribution in [0.4, 0.5) is 0 Å². The largest absolute Gasteiger partial charge is 0.461 e. The van der Waals surface area contributed by atoms with E-state index in [4.69, 9.17) is 21.0 Å². The summed E-state index contributed by atoms with van der Waals surface area (Å²) in [6.45, 7) is 2.46. The van der Waals surface area contributed by atoms with Gasteiger partial charge in [-0.3, -0.25) is 0 Å². The summed E-state index contributed by atoms with van der Waals surface area (Å²) in [7, 11) is 0. The van der Waals surface area contributed by atoms with E-state index in [1.54, 1.807) is 6.08 Å². The summed E-state index contributed by atoms with van der Waals surface area (Å²) in [4.78, 5) is 0. The Balaban J connectivity index is 2.54. The van der Waals surface area contributed by atoms with Crippen LogP contribution in [-0.2, 0) is 9.47 Å². The Morgan fingerprint density at radius 3 is 3.07 bits per heavy atom. The van der Waals surface area contributed by atoms with Crippen molar-refractivity contribution in [3.05, 3.63) is 24.2 Å². The van der Waals surface area contributed by atoms with Crippen LogP contribution in [0, 0.1) is 18.3 Å². The van der Waals surface area contributed by atoms with Gasteiger partial charge in [-0.15, -0.1) is 12.3 Å². The fourth-order valence-corrected chi connectivity index (χ4v) is 1.20. The normalized spacial score (nSPS) is 18.3. The highest BCUT2D eigenvalue weighted by atomic mass is 16.7. The number of aliphatic hydroxyl groups is 1. The van der Waals surface area contributed by atoms with E-state index in [1.807, 2.05) is 19.1 Å². The van der Waals surface area contributed by atoms with Gasteiger partial charge in [0.25, 0.3) is 5.95 Å². The molecule has 2 atom stereocenters. The van der Waals surface area contributed by atoms with Gasteiger partial charge in [-0.1, -0.05) is 13.0 Å². The monoisotopic (exact) mass is 208 g/mol. The molecule has 0 aromatic heterocycles. The Labute approximate surface area is 90.4 Å². The highest BCUT2D eigenvalue weighted by molar-refractivity contribution is 5.08. The highest BCUT2D eigenvalue weighted by Crippen LogP contribution is 2.17. The van der Waals surface area contributed by atoms with E-state index in [-0.39, 0.29) is 18.6 Å². The number of rotatable bonds is 5. The van der Waals surface area contributed by atoms with Gasteiger partial charge in [-0.25, -0.2) is 0 Å². The number of hydrogen-bond acceptors (Lipinski definition) is 3. The van der Waals surface area contributed by atoms with Gasteiger partial charge in [0.2, 0.25) is 0 Å². The molecule has 0 amide bonds. The molecule has 1 N–H and O–H groups in total. The summed E-state index contributed by atoms with van der Waals surface area (Å²) >= 11 is 0. The Morgan fingerprint density at radius 1 is 1.73 bits per heavy atom. The summed E-state index contributed by atoms with van der Waals surface area (Å²) in [5, 5.41) is 9.04. The highest BCUT2D eigenvalue weighted by Gasteiger charge is 2.19. The van der Waals surface area contributed by atoms with Crippen molar-refractivity contribution in [2.45, 2.75) is 19.4 Å². The topological polar surface area (TPSA) is 38.7 Å². The van der Waals surface area contributed by atoms with Gasteiger partial charge >= 0.3 is 0 Å². The van der Waals surface area contributed by atoms with E-state index in [0.29, 0.717) is 19.0 Å². The van der Waals surface area contributed by atoms with Crippen molar-refractivity contribution in [1.82, 2.24) is 0 Å². The lowest BCUT2D eigenvalue weighted by molar-refractivity contribution is -0.0308. The van der Waals surface area contributed by atoms with Gasteiger partial charge in [0.05, 0.1) is 0 Å². The van der Waals surface area contributed by atoms with Crippen LogP contribution in [0.3, 0.4) is 0 Å². The molecule has 0 spiro atoms. The van der Waals surface area contributed by atoms with Crippen molar-refractivity contribution >= 4 is 0 Å². The molecular formula is C12H16O3. The second kappa shape index (κ2) is 6.15. The molecule has 82 valence electrons. The van der Waals surface area contributed by atoms with Crippen molar-refractivity contribution in [3.8, 4) is 12.3 Å². The maximum Gasteiger partial charge on any atom is 0.279 e. The minimum atomic E-state index is -0.197. The second-order valence-electron chi connectivity index (χ2n) is 3.45. The third-order valence-corrected chi connectivity index (χ3v) is 2.20. The Kier molecular flexibility index (Phi) is 4.79. The van der Waals surface area contributed by atoms with Crippen molar-refractivity contribution in [1.29, 1.82) is 0 Å². The lowest BCUT2D eigenvalue weighted by atomic mass is 10.0. The zero-order chi connectivity index (χ0) is 11.1. The summed E-state index contributed by atoms with van der Waals surface area (Å²) in [6.07, 6.45) is 11.0. The standard InChI is InChI=1S/C12H16O3/c1-3-6-11(10(2)9-13)15-12-7-4-5-8-14-12/h1,4-5,7,10-11,13H,6,8-9H2,2H3/t10?,11-/m1/s1. The number of terminal acetylenes is 1. The molecule has 0 aliphatic carbocycles. The van der Waals surface area contributed by atoms with Crippen LogP contribution in [0.25, 0.3) is 0 Å². The lowest BCUT2D eigenvalue weighted by Crippen LogP contribution is -2.25. The van der Waals surface area contributed by atoms with Gasteiger partial charge in [0.15, 0.2) is 0 Å². The third kappa shape index (κ3) is 3.69. The van der Waals surface area contributed by atoms with Crippen LogP contribution >= 0.6 is 0 Å². The minimum Gasteiger partial charge on any atom is -0.461 e. The predicted molar refractivity (Wildman–Crippen MR) is 57.7 cm³/mol. The molecule has 3 heteroatoms. The molecule has 1 heterocycles. The molecular weight excluding hydrogens is 192 g/mol. The number of hydrogen-bond donors (Lipinski definition) is 1. The Morgan fingerprint density at radius 2 is 2.53 bits per heavy atom. The first-order chi connectivity index (χ1) is 7.27. The van der Waals surface area contributed by atoms with Crippen LogP contribution in [0.5, 0.6) is 0 Å². The van der Waals surface area contributed by atoms with Gasteiger partial charge in [0.1, 0.15) is 12.7 Å². The van der Waals surface area contributed by atoms with Gasteiger partial charge in [-0.2, -0.15) is 0 Å². The molecule has 1 aliphatic heterocycles. The average Bonchev–Trinajstić information content (AvgIpc) is 2.29. The van der Waals surface area contributed by atoms with Crippen molar-refractivity contribution in [2.75, 3.05) is 13.2 Å². The predicted octanol–water partition coefficient (Wildman–Crippen LogP) is 1.45. The number of ether oxygens (including phenoxy) is 2. The quantitative estimate of drug-likeness (QED) is 0.695. The maximum absolute atomic E-state index is 9.04. The first-order valence-electron chi connectivity index (χ1n) is 4.98. The molecule has 0 saturated heterocycles. The van der Waals surface area contributed by atoms with E-state index < -0.39 is 0 Å². The van der Waals surface area contributed by atoms with Crippen LogP contribution in [0.15, 0.2) is 24.2 Å². The zero-order valence-electron chi connectivity index (χ0n) is 8.85. The van der Waals surface area contributed by atoms with Crippen LogP contribution in [0.1, 0.15) is 13.3 Å². The van der Waals surface area contributed by atoms with E-state index in [1.165, 1.54) is 0 Å². The zero-order valence-corrected chi connectivity index (χ0v) is 8.85. The van der Waals surface area contributed by atoms with Crippen LogP contribution in [-0.4, -0.2) is 24.4 Å². The SMILES string of the molecule is C#CC[C@@H](OC1=CC=CCO1)C(C)CO. The number of aliphatic hydroxyl groups excluding tert-OH is 1. The second-order valence-corrected chi connectivity index (χ2v) is 3.45. The Bertz CT molecular complexity index is 286. The molecule has 1 unspecified atom stereocenters. The van der Waals surface area contributed by atoms with E-state index in [2.05, 4.69) is 5.92 Å².